The first-order valence-corrected chi connectivity index (χ1v) is 15.7. The van der Waals surface area contributed by atoms with Gasteiger partial charge in [0.05, 0.1) is 0 Å². The highest BCUT2D eigenvalue weighted by atomic mass is 79.9. The van der Waals surface area contributed by atoms with Crippen molar-refractivity contribution in [3.63, 3.8) is 0 Å². The molecule has 6 rings (SSSR count). The normalized spacial score (nSPS) is 14.4. The third kappa shape index (κ3) is 5.12. The fourth-order valence-corrected chi connectivity index (χ4v) is 7.12. The summed E-state index contributed by atoms with van der Waals surface area (Å²) in [5.74, 6) is -8.11. The van der Waals surface area contributed by atoms with E-state index in [2.05, 4.69) is 50.9 Å². The van der Waals surface area contributed by atoms with Gasteiger partial charge in [0.25, 0.3) is 0 Å². The van der Waals surface area contributed by atoms with Crippen LogP contribution in [0.15, 0.2) is 60.7 Å². The standard InChI is InChI=1S/C35H22Br2F6/c1-17-6-7-19-10-24(21-13-30(40)35(43)31(41)14-21)27(16-37)33(25(19)8-17)32-22-5-3-2-4-18(22)9-23(26(32)15-36)20-11-28(38)34(42)29(39)12-20/h2-5,7-14,17H,6,15-16H2,1H3. The first-order valence-electron chi connectivity index (χ1n) is 13.5. The Morgan fingerprint density at radius 1 is 0.674 bits per heavy atom. The highest BCUT2D eigenvalue weighted by molar-refractivity contribution is 9.08. The molecular formula is C35H22Br2F6. The Morgan fingerprint density at radius 3 is 1.74 bits per heavy atom. The van der Waals surface area contributed by atoms with Gasteiger partial charge in [0.2, 0.25) is 0 Å². The maximum Gasteiger partial charge on any atom is 0.194 e. The minimum Gasteiger partial charge on any atom is -0.204 e. The lowest BCUT2D eigenvalue weighted by molar-refractivity contribution is 0.447. The monoisotopic (exact) mass is 714 g/mol. The van der Waals surface area contributed by atoms with Gasteiger partial charge >= 0.3 is 0 Å². The molecule has 1 aliphatic rings. The summed E-state index contributed by atoms with van der Waals surface area (Å²) in [7, 11) is 0. The van der Waals surface area contributed by atoms with Crippen molar-refractivity contribution in [1.82, 2.24) is 0 Å². The van der Waals surface area contributed by atoms with Gasteiger partial charge < -0.3 is 0 Å². The molecule has 43 heavy (non-hydrogen) atoms. The van der Waals surface area contributed by atoms with Gasteiger partial charge in [0.1, 0.15) is 0 Å². The van der Waals surface area contributed by atoms with Gasteiger partial charge in [-0.3, -0.25) is 0 Å². The first kappa shape index (κ1) is 29.7. The van der Waals surface area contributed by atoms with Crippen LogP contribution in [-0.2, 0) is 10.7 Å². The summed E-state index contributed by atoms with van der Waals surface area (Å²) in [5, 5.41) is 3.89. The fourth-order valence-electron chi connectivity index (χ4n) is 5.95. The molecule has 0 spiro atoms. The quantitative estimate of drug-likeness (QED) is 0.0966. The second kappa shape index (κ2) is 11.6. The Hall–Kier alpha value is -3.36. The average Bonchev–Trinajstić information content (AvgIpc) is 3.00. The molecule has 0 aromatic heterocycles. The van der Waals surface area contributed by atoms with Crippen molar-refractivity contribution in [1.29, 1.82) is 0 Å². The van der Waals surface area contributed by atoms with E-state index in [-0.39, 0.29) is 27.7 Å². The second-order valence-corrected chi connectivity index (χ2v) is 11.8. The van der Waals surface area contributed by atoms with Gasteiger partial charge in [0.15, 0.2) is 34.9 Å². The molecule has 0 saturated carbocycles. The molecule has 0 amide bonds. The molecule has 0 fully saturated rings. The van der Waals surface area contributed by atoms with Crippen molar-refractivity contribution in [3.8, 4) is 33.4 Å². The molecule has 0 heterocycles. The average molecular weight is 716 g/mol. The van der Waals surface area contributed by atoms with Crippen molar-refractivity contribution in [3.05, 3.63) is 117 Å². The van der Waals surface area contributed by atoms with Crippen LogP contribution in [0.5, 0.6) is 0 Å². The van der Waals surface area contributed by atoms with E-state index in [4.69, 9.17) is 0 Å². The van der Waals surface area contributed by atoms with E-state index in [1.807, 2.05) is 36.4 Å². The summed E-state index contributed by atoms with van der Waals surface area (Å²) in [6.45, 7) is 2.08. The van der Waals surface area contributed by atoms with E-state index in [9.17, 15) is 26.3 Å². The zero-order valence-electron chi connectivity index (χ0n) is 22.7. The van der Waals surface area contributed by atoms with Gasteiger partial charge in [-0.1, -0.05) is 75.2 Å². The molecule has 1 unspecified atom stereocenters. The molecule has 1 atom stereocenters. The number of hydrogen-bond acceptors (Lipinski definition) is 0. The molecule has 5 aromatic rings. The Balaban J connectivity index is 1.82. The zero-order chi connectivity index (χ0) is 30.6. The summed E-state index contributed by atoms with van der Waals surface area (Å²) in [6, 6.07) is 15.1. The topological polar surface area (TPSA) is 0 Å². The van der Waals surface area contributed by atoms with Gasteiger partial charge in [0, 0.05) is 10.7 Å². The molecule has 218 valence electrons. The van der Waals surface area contributed by atoms with Crippen LogP contribution in [0.4, 0.5) is 26.3 Å². The maximum atomic E-state index is 14.5. The number of benzene rings is 5. The second-order valence-electron chi connectivity index (χ2n) is 10.6. The van der Waals surface area contributed by atoms with Gasteiger partial charge in [-0.05, 0) is 114 Å². The molecular weight excluding hydrogens is 694 g/mol. The van der Waals surface area contributed by atoms with Crippen LogP contribution in [0.25, 0.3) is 56.3 Å². The minimum atomic E-state index is -1.55. The van der Waals surface area contributed by atoms with Crippen LogP contribution in [0, 0.1) is 40.8 Å². The van der Waals surface area contributed by atoms with Crippen LogP contribution in [0.2, 0.25) is 0 Å². The number of fused-ring (bicyclic) bond motifs is 2. The van der Waals surface area contributed by atoms with Crippen molar-refractivity contribution < 1.29 is 26.3 Å². The predicted octanol–water partition coefficient (Wildman–Crippen LogP) is 10.1. The highest BCUT2D eigenvalue weighted by Gasteiger charge is 2.24. The van der Waals surface area contributed by atoms with E-state index >= 15 is 0 Å². The van der Waals surface area contributed by atoms with Crippen LogP contribution >= 0.6 is 31.9 Å². The smallest absolute Gasteiger partial charge is 0.194 e. The zero-order valence-corrected chi connectivity index (χ0v) is 25.8. The third-order valence-electron chi connectivity index (χ3n) is 7.93. The van der Waals surface area contributed by atoms with Crippen LogP contribution in [0.1, 0.15) is 24.5 Å². The first-order chi connectivity index (χ1) is 20.6. The highest BCUT2D eigenvalue weighted by Crippen LogP contribution is 2.43. The lowest BCUT2D eigenvalue weighted by Crippen LogP contribution is -2.32. The van der Waals surface area contributed by atoms with E-state index in [0.717, 1.165) is 63.0 Å². The summed E-state index contributed by atoms with van der Waals surface area (Å²) >= 11 is 7.21. The van der Waals surface area contributed by atoms with Crippen LogP contribution < -0.4 is 10.4 Å². The Bertz CT molecular complexity index is 2020. The SMILES string of the molecule is CC1C=c2c(-c3c(CBr)c(-c4cc(F)c(F)c(F)c4)cc4ccccc34)c(CBr)c(-c3cc(F)c(F)c(F)c3)cc2=CC1. The molecule has 1 aliphatic carbocycles. The fraction of sp³-hybridized carbons (Fsp3) is 0.143. The lowest BCUT2D eigenvalue weighted by Gasteiger charge is -2.24. The van der Waals surface area contributed by atoms with Crippen molar-refractivity contribution in [2.45, 2.75) is 24.0 Å². The lowest BCUT2D eigenvalue weighted by atomic mass is 9.81. The third-order valence-corrected chi connectivity index (χ3v) is 9.05. The summed E-state index contributed by atoms with van der Waals surface area (Å²) in [4.78, 5) is 0. The van der Waals surface area contributed by atoms with Crippen molar-refractivity contribution >= 4 is 54.8 Å². The summed E-state index contributed by atoms with van der Waals surface area (Å²) in [6.07, 6.45) is 4.95. The summed E-state index contributed by atoms with van der Waals surface area (Å²) in [5.41, 5.74) is 4.25. The summed E-state index contributed by atoms with van der Waals surface area (Å²) < 4.78 is 85.9. The van der Waals surface area contributed by atoms with E-state index in [1.54, 1.807) is 0 Å². The molecule has 0 saturated heterocycles. The number of rotatable bonds is 5. The van der Waals surface area contributed by atoms with Crippen LogP contribution in [0.3, 0.4) is 0 Å². The van der Waals surface area contributed by atoms with Crippen molar-refractivity contribution in [2.75, 3.05) is 0 Å². The molecule has 5 aromatic carbocycles. The molecule has 0 radical (unpaired) electrons. The number of hydrogen-bond donors (Lipinski definition) is 0. The molecule has 0 aliphatic heterocycles. The largest absolute Gasteiger partial charge is 0.204 e. The number of halogens is 8. The number of alkyl halides is 2. The van der Waals surface area contributed by atoms with Gasteiger partial charge in [-0.2, -0.15) is 0 Å². The van der Waals surface area contributed by atoms with E-state index < -0.39 is 34.9 Å². The van der Waals surface area contributed by atoms with Gasteiger partial charge in [-0.15, -0.1) is 0 Å². The Labute approximate surface area is 260 Å². The van der Waals surface area contributed by atoms with E-state index in [1.165, 1.54) is 0 Å². The van der Waals surface area contributed by atoms with Gasteiger partial charge in [-0.25, -0.2) is 26.3 Å². The van der Waals surface area contributed by atoms with E-state index in [0.29, 0.717) is 22.3 Å². The molecule has 8 heteroatoms. The molecule has 0 N–H and O–H groups in total. The molecule has 0 nitrogen and oxygen atoms in total. The predicted molar refractivity (Wildman–Crippen MR) is 167 cm³/mol. The Morgan fingerprint density at radius 2 is 1.19 bits per heavy atom. The van der Waals surface area contributed by atoms with Crippen molar-refractivity contribution in [2.24, 2.45) is 5.92 Å². The maximum absolute atomic E-state index is 14.5. The minimum absolute atomic E-state index is 0.162. The molecule has 0 bridgehead atoms. The Kier molecular flexibility index (Phi) is 8.03. The van der Waals surface area contributed by atoms with Crippen LogP contribution in [-0.4, -0.2) is 0 Å².